The van der Waals surface area contributed by atoms with Gasteiger partial charge in [-0.1, -0.05) is 27.7 Å². The molecule has 21 heavy (non-hydrogen) atoms. The fourth-order valence-corrected chi connectivity index (χ4v) is 2.40. The van der Waals surface area contributed by atoms with Gasteiger partial charge >= 0.3 is 0 Å². The van der Waals surface area contributed by atoms with E-state index in [9.17, 15) is 4.79 Å². The summed E-state index contributed by atoms with van der Waals surface area (Å²) in [5, 5.41) is 10.4. The summed E-state index contributed by atoms with van der Waals surface area (Å²) in [6, 6.07) is 0. The molecule has 5 heteroatoms. The number of carbonyl (C=O) groups excluding carboxylic acids is 1. The van der Waals surface area contributed by atoms with Crippen LogP contribution in [0, 0.1) is 10.8 Å². The summed E-state index contributed by atoms with van der Waals surface area (Å²) in [5.74, 6) is 0. The third-order valence-electron chi connectivity index (χ3n) is 4.82. The Kier molecular flexibility index (Phi) is 7.81. The molecule has 0 aromatic carbocycles. The minimum absolute atomic E-state index is 0.0344. The summed E-state index contributed by atoms with van der Waals surface area (Å²) in [5.41, 5.74) is -0.338. The van der Waals surface area contributed by atoms with Crippen molar-refractivity contribution >= 4 is 6.29 Å². The van der Waals surface area contributed by atoms with E-state index in [2.05, 4.69) is 34.7 Å². The predicted molar refractivity (Wildman–Crippen MR) is 88.7 cm³/mol. The first-order valence-corrected chi connectivity index (χ1v) is 8.20. The van der Waals surface area contributed by atoms with Crippen LogP contribution in [0.5, 0.6) is 0 Å². The van der Waals surface area contributed by atoms with Crippen LogP contribution in [0.1, 0.15) is 27.7 Å². The predicted octanol–water partition coefficient (Wildman–Crippen LogP) is 0.322. The number of nitrogens with zero attached hydrogens (tertiary/aromatic N) is 1. The Morgan fingerprint density at radius 3 is 1.71 bits per heavy atom. The van der Waals surface area contributed by atoms with Crippen LogP contribution in [0.3, 0.4) is 0 Å². The van der Waals surface area contributed by atoms with Gasteiger partial charge in [-0.25, -0.2) is 0 Å². The van der Waals surface area contributed by atoms with Gasteiger partial charge in [0.15, 0.2) is 0 Å². The first-order valence-electron chi connectivity index (χ1n) is 8.20. The van der Waals surface area contributed by atoms with Crippen LogP contribution < -0.4 is 16.0 Å². The summed E-state index contributed by atoms with van der Waals surface area (Å²) < 4.78 is 0. The molecule has 5 nitrogen and oxygen atoms in total. The number of nitrogens with one attached hydrogen (secondary N) is 3. The second kappa shape index (κ2) is 8.83. The SMILES string of the molecule is CC(C)(C=O)C(C)(C)CN1CCNCCNCCNCC1. The summed E-state index contributed by atoms with van der Waals surface area (Å²) in [6.07, 6.45) is 1.10. The molecule has 0 saturated carbocycles. The quantitative estimate of drug-likeness (QED) is 0.653. The van der Waals surface area contributed by atoms with E-state index >= 15 is 0 Å². The minimum Gasteiger partial charge on any atom is -0.314 e. The molecule has 0 aliphatic carbocycles. The molecule has 1 fully saturated rings. The van der Waals surface area contributed by atoms with E-state index < -0.39 is 0 Å². The molecule has 124 valence electrons. The van der Waals surface area contributed by atoms with Gasteiger partial charge < -0.3 is 25.6 Å². The molecule has 0 aromatic rings. The van der Waals surface area contributed by atoms with Crippen LogP contribution in [-0.4, -0.2) is 70.1 Å². The van der Waals surface area contributed by atoms with Crippen molar-refractivity contribution in [2.75, 3.05) is 58.9 Å². The van der Waals surface area contributed by atoms with E-state index in [-0.39, 0.29) is 10.8 Å². The highest BCUT2D eigenvalue weighted by Gasteiger charge is 2.37. The summed E-state index contributed by atoms with van der Waals surface area (Å²) >= 11 is 0. The van der Waals surface area contributed by atoms with Crippen LogP contribution in [0.25, 0.3) is 0 Å². The van der Waals surface area contributed by atoms with Gasteiger partial charge in [0.2, 0.25) is 0 Å². The summed E-state index contributed by atoms with van der Waals surface area (Å²) in [4.78, 5) is 13.8. The second-order valence-electron chi connectivity index (χ2n) is 7.25. The first-order chi connectivity index (χ1) is 9.89. The Hall–Kier alpha value is -0.490. The lowest BCUT2D eigenvalue weighted by Crippen LogP contribution is -2.48. The average Bonchev–Trinajstić information content (AvgIpc) is 2.41. The lowest BCUT2D eigenvalue weighted by Gasteiger charge is -2.41. The molecular weight excluding hydrogens is 264 g/mol. The normalized spacial score (nSPS) is 21.3. The van der Waals surface area contributed by atoms with E-state index in [1.807, 2.05) is 13.8 Å². The molecule has 1 rings (SSSR count). The highest BCUT2D eigenvalue weighted by atomic mass is 16.1. The van der Waals surface area contributed by atoms with Crippen LogP contribution in [0.15, 0.2) is 0 Å². The fourth-order valence-electron chi connectivity index (χ4n) is 2.40. The van der Waals surface area contributed by atoms with Gasteiger partial charge in [0.05, 0.1) is 0 Å². The second-order valence-corrected chi connectivity index (χ2v) is 7.25. The van der Waals surface area contributed by atoms with Gasteiger partial charge in [0.25, 0.3) is 0 Å². The minimum atomic E-state index is -0.304. The molecule has 0 atom stereocenters. The van der Waals surface area contributed by atoms with Crippen molar-refractivity contribution in [2.24, 2.45) is 10.8 Å². The van der Waals surface area contributed by atoms with Crippen molar-refractivity contribution < 1.29 is 4.79 Å². The Morgan fingerprint density at radius 2 is 1.29 bits per heavy atom. The molecule has 0 spiro atoms. The van der Waals surface area contributed by atoms with E-state index in [4.69, 9.17) is 0 Å². The van der Waals surface area contributed by atoms with Crippen molar-refractivity contribution in [3.05, 3.63) is 0 Å². The van der Waals surface area contributed by atoms with E-state index in [0.717, 1.165) is 65.2 Å². The Bertz CT molecular complexity index is 293. The van der Waals surface area contributed by atoms with Gasteiger partial charge in [0, 0.05) is 64.3 Å². The van der Waals surface area contributed by atoms with Crippen molar-refractivity contribution in [3.8, 4) is 0 Å². The number of aldehydes is 1. The average molecular weight is 298 g/mol. The lowest BCUT2D eigenvalue weighted by atomic mass is 9.68. The number of rotatable bonds is 4. The Morgan fingerprint density at radius 1 is 0.857 bits per heavy atom. The van der Waals surface area contributed by atoms with Gasteiger partial charge in [-0.2, -0.15) is 0 Å². The molecule has 0 aromatic heterocycles. The molecular formula is C16H34N4O. The van der Waals surface area contributed by atoms with Crippen molar-refractivity contribution in [3.63, 3.8) is 0 Å². The summed E-state index contributed by atoms with van der Waals surface area (Å²) in [6.45, 7) is 17.5. The molecule has 3 N–H and O–H groups in total. The van der Waals surface area contributed by atoms with Gasteiger partial charge in [-0.3, -0.25) is 0 Å². The van der Waals surface area contributed by atoms with Crippen LogP contribution in [0.2, 0.25) is 0 Å². The molecule has 1 aliphatic heterocycles. The molecule has 1 aliphatic rings. The molecule has 1 saturated heterocycles. The van der Waals surface area contributed by atoms with E-state index in [1.165, 1.54) is 0 Å². The molecule has 1 heterocycles. The zero-order chi connectivity index (χ0) is 15.8. The third-order valence-corrected chi connectivity index (χ3v) is 4.82. The van der Waals surface area contributed by atoms with Gasteiger partial charge in [-0.15, -0.1) is 0 Å². The molecule has 0 amide bonds. The summed E-state index contributed by atoms with van der Waals surface area (Å²) in [7, 11) is 0. The number of hydrogen-bond acceptors (Lipinski definition) is 5. The highest BCUT2D eigenvalue weighted by molar-refractivity contribution is 5.59. The topological polar surface area (TPSA) is 56.4 Å². The maximum Gasteiger partial charge on any atom is 0.126 e. The highest BCUT2D eigenvalue weighted by Crippen LogP contribution is 2.37. The third kappa shape index (κ3) is 6.43. The van der Waals surface area contributed by atoms with Gasteiger partial charge in [-0.05, 0) is 5.41 Å². The standard InChI is InChI=1S/C16H34N4O/c1-15(2,16(3,4)14-21)13-20-11-9-18-7-5-17-6-8-19-10-12-20/h14,17-19H,5-13H2,1-4H3. The zero-order valence-corrected chi connectivity index (χ0v) is 14.3. The maximum absolute atomic E-state index is 11.4. The van der Waals surface area contributed by atoms with Crippen LogP contribution in [-0.2, 0) is 4.79 Å². The van der Waals surface area contributed by atoms with Crippen molar-refractivity contribution in [2.45, 2.75) is 27.7 Å². The van der Waals surface area contributed by atoms with Crippen molar-refractivity contribution in [1.29, 1.82) is 0 Å². The molecule has 0 bridgehead atoms. The lowest BCUT2D eigenvalue weighted by molar-refractivity contribution is -0.120. The Balaban J connectivity index is 2.56. The largest absolute Gasteiger partial charge is 0.314 e. The number of carbonyl (C=O) groups is 1. The maximum atomic E-state index is 11.4. The van der Waals surface area contributed by atoms with Crippen LogP contribution >= 0.6 is 0 Å². The fraction of sp³-hybridized carbons (Fsp3) is 0.938. The smallest absolute Gasteiger partial charge is 0.126 e. The monoisotopic (exact) mass is 298 g/mol. The van der Waals surface area contributed by atoms with E-state index in [0.29, 0.717) is 0 Å². The zero-order valence-electron chi connectivity index (χ0n) is 14.3. The number of hydrogen-bond donors (Lipinski definition) is 3. The Labute approximate surface area is 130 Å². The first kappa shape index (κ1) is 18.6. The molecule has 0 unspecified atom stereocenters. The van der Waals surface area contributed by atoms with Crippen LogP contribution in [0.4, 0.5) is 0 Å². The molecule has 0 radical (unpaired) electrons. The van der Waals surface area contributed by atoms with E-state index in [1.54, 1.807) is 0 Å². The van der Waals surface area contributed by atoms with Crippen molar-refractivity contribution in [1.82, 2.24) is 20.9 Å². The van der Waals surface area contributed by atoms with Gasteiger partial charge in [0.1, 0.15) is 6.29 Å².